The standard InChI is InChI=1S/C18H27F2N3O/c1-3-21-17(22-12-18(24)9-5-4-6-10-18)23-13(2)15-8-7-14(19)11-16(15)20/h7-8,11,13,24H,3-6,9-10,12H2,1-2H3,(H2,21,22,23). The maximum atomic E-state index is 13.9. The summed E-state index contributed by atoms with van der Waals surface area (Å²) in [5.41, 5.74) is -0.372. The van der Waals surface area contributed by atoms with E-state index in [9.17, 15) is 13.9 Å². The minimum absolute atomic E-state index is 0.320. The van der Waals surface area contributed by atoms with Gasteiger partial charge in [0.15, 0.2) is 5.96 Å². The molecule has 0 aliphatic heterocycles. The van der Waals surface area contributed by atoms with Crippen LogP contribution in [0.3, 0.4) is 0 Å². The van der Waals surface area contributed by atoms with E-state index >= 15 is 0 Å². The number of hydrogen-bond acceptors (Lipinski definition) is 2. The second-order valence-corrected chi connectivity index (χ2v) is 6.51. The molecule has 1 aromatic carbocycles. The summed E-state index contributed by atoms with van der Waals surface area (Å²) < 4.78 is 26.9. The number of aliphatic imine (C=N–C) groups is 1. The summed E-state index contributed by atoms with van der Waals surface area (Å²) in [7, 11) is 0. The fraction of sp³-hybridized carbons (Fsp3) is 0.611. The minimum Gasteiger partial charge on any atom is -0.388 e. The molecule has 2 rings (SSSR count). The van der Waals surface area contributed by atoms with Crippen molar-refractivity contribution < 1.29 is 13.9 Å². The van der Waals surface area contributed by atoms with E-state index in [1.807, 2.05) is 6.92 Å². The summed E-state index contributed by atoms with van der Waals surface area (Å²) in [6.07, 6.45) is 4.72. The lowest BCUT2D eigenvalue weighted by atomic mass is 9.85. The highest BCUT2D eigenvalue weighted by Gasteiger charge is 2.29. The molecule has 1 aliphatic carbocycles. The number of nitrogens with zero attached hydrogens (tertiary/aromatic N) is 1. The Morgan fingerprint density at radius 1 is 1.29 bits per heavy atom. The molecule has 1 saturated carbocycles. The van der Waals surface area contributed by atoms with Crippen molar-refractivity contribution in [2.24, 2.45) is 4.99 Å². The second-order valence-electron chi connectivity index (χ2n) is 6.51. The third-order valence-electron chi connectivity index (χ3n) is 4.44. The number of guanidine groups is 1. The number of halogens is 2. The molecule has 0 amide bonds. The quantitative estimate of drug-likeness (QED) is 0.570. The number of aliphatic hydroxyl groups is 1. The molecular formula is C18H27F2N3O. The minimum atomic E-state index is -0.745. The predicted octanol–water partition coefficient (Wildman–Crippen LogP) is 3.28. The monoisotopic (exact) mass is 339 g/mol. The van der Waals surface area contributed by atoms with Crippen LogP contribution in [0.2, 0.25) is 0 Å². The van der Waals surface area contributed by atoms with E-state index in [4.69, 9.17) is 0 Å². The highest BCUT2D eigenvalue weighted by molar-refractivity contribution is 5.80. The summed E-state index contributed by atoms with van der Waals surface area (Å²) in [5.74, 6) is -0.659. The molecule has 0 spiro atoms. The van der Waals surface area contributed by atoms with Gasteiger partial charge in [0.25, 0.3) is 0 Å². The van der Waals surface area contributed by atoms with Gasteiger partial charge in [-0.3, -0.25) is 4.99 Å². The number of hydrogen-bond donors (Lipinski definition) is 3. The van der Waals surface area contributed by atoms with Crippen molar-refractivity contribution in [1.82, 2.24) is 10.6 Å². The van der Waals surface area contributed by atoms with Crippen LogP contribution in [0.5, 0.6) is 0 Å². The molecule has 0 bridgehead atoms. The zero-order chi connectivity index (χ0) is 17.6. The SMILES string of the molecule is CCNC(=NCC1(O)CCCCC1)NC(C)c1ccc(F)cc1F. The molecule has 6 heteroatoms. The molecule has 0 radical (unpaired) electrons. The zero-order valence-electron chi connectivity index (χ0n) is 14.4. The Hall–Kier alpha value is -1.69. The lowest BCUT2D eigenvalue weighted by Gasteiger charge is -2.30. The predicted molar refractivity (Wildman–Crippen MR) is 91.9 cm³/mol. The van der Waals surface area contributed by atoms with Crippen LogP contribution in [0.15, 0.2) is 23.2 Å². The first-order valence-electron chi connectivity index (χ1n) is 8.66. The molecule has 0 heterocycles. The molecule has 134 valence electrons. The molecule has 0 saturated heterocycles. The molecule has 3 N–H and O–H groups in total. The maximum absolute atomic E-state index is 13.9. The number of rotatable bonds is 5. The Balaban J connectivity index is 2.05. The van der Waals surface area contributed by atoms with Crippen LogP contribution in [-0.2, 0) is 0 Å². The Kier molecular flexibility index (Phi) is 6.54. The van der Waals surface area contributed by atoms with Crippen molar-refractivity contribution in [3.63, 3.8) is 0 Å². The average Bonchev–Trinajstić information content (AvgIpc) is 2.53. The van der Waals surface area contributed by atoms with E-state index in [1.165, 1.54) is 12.1 Å². The smallest absolute Gasteiger partial charge is 0.191 e. The van der Waals surface area contributed by atoms with Gasteiger partial charge in [-0.05, 0) is 32.8 Å². The largest absolute Gasteiger partial charge is 0.388 e. The summed E-state index contributed by atoms with van der Waals surface area (Å²) >= 11 is 0. The van der Waals surface area contributed by atoms with Crippen molar-refractivity contribution >= 4 is 5.96 Å². The molecule has 1 fully saturated rings. The van der Waals surface area contributed by atoms with Gasteiger partial charge in [0, 0.05) is 18.2 Å². The fourth-order valence-electron chi connectivity index (χ4n) is 3.05. The molecule has 1 atom stereocenters. The van der Waals surface area contributed by atoms with Gasteiger partial charge in [-0.1, -0.05) is 25.3 Å². The molecule has 1 aliphatic rings. The lowest BCUT2D eigenvalue weighted by molar-refractivity contribution is 0.0131. The number of benzene rings is 1. The maximum Gasteiger partial charge on any atom is 0.191 e. The lowest BCUT2D eigenvalue weighted by Crippen LogP contribution is -2.41. The van der Waals surface area contributed by atoms with Crippen LogP contribution in [0.1, 0.15) is 57.6 Å². The first kappa shape index (κ1) is 18.6. The summed E-state index contributed by atoms with van der Waals surface area (Å²) in [6, 6.07) is 3.18. The molecule has 24 heavy (non-hydrogen) atoms. The first-order chi connectivity index (χ1) is 11.4. The number of nitrogens with one attached hydrogen (secondary N) is 2. The van der Waals surface area contributed by atoms with Gasteiger partial charge in [-0.2, -0.15) is 0 Å². The first-order valence-corrected chi connectivity index (χ1v) is 8.66. The van der Waals surface area contributed by atoms with Crippen molar-refractivity contribution in [3.8, 4) is 0 Å². The third-order valence-corrected chi connectivity index (χ3v) is 4.44. The van der Waals surface area contributed by atoms with Gasteiger partial charge in [-0.25, -0.2) is 8.78 Å². The van der Waals surface area contributed by atoms with Gasteiger partial charge in [0.2, 0.25) is 0 Å². The van der Waals surface area contributed by atoms with Crippen LogP contribution in [0.4, 0.5) is 8.78 Å². The van der Waals surface area contributed by atoms with Crippen LogP contribution >= 0.6 is 0 Å². The summed E-state index contributed by atoms with van der Waals surface area (Å²) in [6.45, 7) is 4.71. The van der Waals surface area contributed by atoms with E-state index in [0.29, 0.717) is 24.6 Å². The van der Waals surface area contributed by atoms with Crippen LogP contribution in [0.25, 0.3) is 0 Å². The zero-order valence-corrected chi connectivity index (χ0v) is 14.4. The van der Waals surface area contributed by atoms with Gasteiger partial charge in [0.05, 0.1) is 18.2 Å². The summed E-state index contributed by atoms with van der Waals surface area (Å²) in [4.78, 5) is 4.47. The highest BCUT2D eigenvalue weighted by Crippen LogP contribution is 2.28. The molecular weight excluding hydrogens is 312 g/mol. The Morgan fingerprint density at radius 2 is 2.00 bits per heavy atom. The fourth-order valence-corrected chi connectivity index (χ4v) is 3.05. The van der Waals surface area contributed by atoms with Crippen LogP contribution in [-0.4, -0.2) is 29.8 Å². The Morgan fingerprint density at radius 3 is 2.62 bits per heavy atom. The Bertz CT molecular complexity index is 571. The highest BCUT2D eigenvalue weighted by atomic mass is 19.1. The molecule has 1 unspecified atom stereocenters. The topological polar surface area (TPSA) is 56.7 Å². The Labute approximate surface area is 142 Å². The molecule has 1 aromatic rings. The van der Waals surface area contributed by atoms with Crippen molar-refractivity contribution in [3.05, 3.63) is 35.4 Å². The van der Waals surface area contributed by atoms with Crippen molar-refractivity contribution in [1.29, 1.82) is 0 Å². The van der Waals surface area contributed by atoms with Crippen molar-refractivity contribution in [2.45, 2.75) is 57.6 Å². The van der Waals surface area contributed by atoms with Gasteiger partial charge in [-0.15, -0.1) is 0 Å². The van der Waals surface area contributed by atoms with E-state index < -0.39 is 17.2 Å². The van der Waals surface area contributed by atoms with E-state index in [1.54, 1.807) is 6.92 Å². The van der Waals surface area contributed by atoms with Crippen LogP contribution in [0, 0.1) is 11.6 Å². The van der Waals surface area contributed by atoms with Gasteiger partial charge >= 0.3 is 0 Å². The average molecular weight is 339 g/mol. The van der Waals surface area contributed by atoms with Crippen molar-refractivity contribution in [2.75, 3.05) is 13.1 Å². The van der Waals surface area contributed by atoms with Gasteiger partial charge in [0.1, 0.15) is 11.6 Å². The molecule has 4 nitrogen and oxygen atoms in total. The normalized spacial score (nSPS) is 19.0. The van der Waals surface area contributed by atoms with E-state index in [2.05, 4.69) is 15.6 Å². The van der Waals surface area contributed by atoms with Crippen LogP contribution < -0.4 is 10.6 Å². The second kappa shape index (κ2) is 8.42. The van der Waals surface area contributed by atoms with Gasteiger partial charge < -0.3 is 15.7 Å². The molecule has 0 aromatic heterocycles. The van der Waals surface area contributed by atoms with E-state index in [-0.39, 0.29) is 6.04 Å². The van der Waals surface area contributed by atoms with E-state index in [0.717, 1.165) is 38.2 Å². The third kappa shape index (κ3) is 5.16. The summed E-state index contributed by atoms with van der Waals surface area (Å²) in [5, 5.41) is 16.8.